The zero-order chi connectivity index (χ0) is 21.3. The average Bonchev–Trinajstić information content (AvgIpc) is 3.27. The van der Waals surface area contributed by atoms with E-state index < -0.39 is 41.6 Å². The van der Waals surface area contributed by atoms with Gasteiger partial charge in [0.1, 0.15) is 24.4 Å². The van der Waals surface area contributed by atoms with Gasteiger partial charge in [-0.15, -0.1) is 0 Å². The molecule has 0 aromatic carbocycles. The standard InChI is InChI=1S/C21H26O8/c1-11(2)19(24)28-16-8-21(10-26-13(4)23)17(29-21)6-5-14(9-22)7-15-18(16)12(3)20(25)27-15/h7,15-18,22H,1,3,5-6,8-10H2,2,4H3. The molecule has 1 aliphatic carbocycles. The molecule has 29 heavy (non-hydrogen) atoms. The molecule has 8 nitrogen and oxygen atoms in total. The van der Waals surface area contributed by atoms with E-state index in [2.05, 4.69) is 13.2 Å². The number of rotatable bonds is 5. The predicted octanol–water partition coefficient (Wildman–Crippen LogP) is 1.38. The van der Waals surface area contributed by atoms with Gasteiger partial charge >= 0.3 is 17.9 Å². The van der Waals surface area contributed by atoms with Crippen LogP contribution in [0.15, 0.2) is 36.0 Å². The van der Waals surface area contributed by atoms with Crippen molar-refractivity contribution in [2.45, 2.75) is 57.0 Å². The van der Waals surface area contributed by atoms with Crippen LogP contribution in [0.3, 0.4) is 0 Å². The lowest BCUT2D eigenvalue weighted by molar-refractivity contribution is -0.151. The van der Waals surface area contributed by atoms with E-state index in [0.29, 0.717) is 18.4 Å². The third-order valence-electron chi connectivity index (χ3n) is 5.57. The molecule has 2 heterocycles. The number of epoxide rings is 1. The van der Waals surface area contributed by atoms with Crippen molar-refractivity contribution in [3.05, 3.63) is 36.0 Å². The molecule has 0 spiro atoms. The zero-order valence-corrected chi connectivity index (χ0v) is 16.6. The number of ether oxygens (including phenoxy) is 4. The van der Waals surface area contributed by atoms with Crippen LogP contribution >= 0.6 is 0 Å². The van der Waals surface area contributed by atoms with Gasteiger partial charge in [-0.25, -0.2) is 9.59 Å². The molecule has 0 aromatic rings. The summed E-state index contributed by atoms with van der Waals surface area (Å²) in [4.78, 5) is 35.9. The number of carbonyl (C=O) groups is 3. The summed E-state index contributed by atoms with van der Waals surface area (Å²) in [6.45, 7) is 10.1. The lowest BCUT2D eigenvalue weighted by Gasteiger charge is -2.29. The molecule has 0 saturated carbocycles. The molecule has 5 unspecified atom stereocenters. The molecule has 2 fully saturated rings. The van der Waals surface area contributed by atoms with Gasteiger partial charge in [-0.3, -0.25) is 4.79 Å². The van der Waals surface area contributed by atoms with Gasteiger partial charge in [0.25, 0.3) is 0 Å². The maximum atomic E-state index is 12.3. The average molecular weight is 406 g/mol. The minimum absolute atomic E-state index is 0.00492. The first kappa shape index (κ1) is 21.3. The van der Waals surface area contributed by atoms with Gasteiger partial charge in [-0.2, -0.15) is 0 Å². The van der Waals surface area contributed by atoms with E-state index in [4.69, 9.17) is 18.9 Å². The third-order valence-corrected chi connectivity index (χ3v) is 5.57. The van der Waals surface area contributed by atoms with E-state index in [1.807, 2.05) is 0 Å². The molecule has 0 aromatic heterocycles. The molecule has 2 aliphatic heterocycles. The topological polar surface area (TPSA) is 112 Å². The van der Waals surface area contributed by atoms with Crippen molar-refractivity contribution in [2.75, 3.05) is 13.2 Å². The monoisotopic (exact) mass is 406 g/mol. The van der Waals surface area contributed by atoms with Crippen molar-refractivity contribution in [3.63, 3.8) is 0 Å². The Hall–Kier alpha value is -2.45. The van der Waals surface area contributed by atoms with Crippen LogP contribution in [0.5, 0.6) is 0 Å². The fraction of sp³-hybridized carbons (Fsp3) is 0.571. The third kappa shape index (κ3) is 4.43. The Balaban J connectivity index is 1.97. The van der Waals surface area contributed by atoms with Gasteiger partial charge in [0.2, 0.25) is 0 Å². The largest absolute Gasteiger partial charge is 0.463 e. The van der Waals surface area contributed by atoms with Crippen LogP contribution in [0, 0.1) is 5.92 Å². The summed E-state index contributed by atoms with van der Waals surface area (Å²) in [6, 6.07) is 0. The zero-order valence-electron chi connectivity index (χ0n) is 16.6. The Morgan fingerprint density at radius 3 is 2.72 bits per heavy atom. The minimum atomic E-state index is -0.833. The van der Waals surface area contributed by atoms with Gasteiger partial charge in [-0.05, 0) is 31.4 Å². The van der Waals surface area contributed by atoms with Gasteiger partial charge in [-0.1, -0.05) is 13.2 Å². The van der Waals surface area contributed by atoms with E-state index in [1.54, 1.807) is 6.08 Å². The second-order valence-corrected chi connectivity index (χ2v) is 7.82. The van der Waals surface area contributed by atoms with Crippen LogP contribution in [-0.2, 0) is 33.3 Å². The van der Waals surface area contributed by atoms with E-state index in [-0.39, 0.29) is 36.9 Å². The highest BCUT2D eigenvalue weighted by Crippen LogP contribution is 2.48. The summed E-state index contributed by atoms with van der Waals surface area (Å²) in [5.41, 5.74) is 0.248. The van der Waals surface area contributed by atoms with Crippen molar-refractivity contribution in [1.29, 1.82) is 0 Å². The van der Waals surface area contributed by atoms with Gasteiger partial charge in [0.15, 0.2) is 0 Å². The number of carbonyl (C=O) groups excluding carboxylic acids is 3. The van der Waals surface area contributed by atoms with Crippen LogP contribution in [0.25, 0.3) is 0 Å². The smallest absolute Gasteiger partial charge is 0.334 e. The lowest BCUT2D eigenvalue weighted by Crippen LogP contribution is -2.39. The van der Waals surface area contributed by atoms with Gasteiger partial charge in [0.05, 0.1) is 18.6 Å². The number of aliphatic hydroxyl groups excluding tert-OH is 1. The summed E-state index contributed by atoms with van der Waals surface area (Å²) in [6.07, 6.45) is 1.27. The predicted molar refractivity (Wildman–Crippen MR) is 100 cm³/mol. The number of hydrogen-bond acceptors (Lipinski definition) is 8. The second-order valence-electron chi connectivity index (χ2n) is 7.82. The molecule has 5 atom stereocenters. The number of aliphatic hydroxyl groups is 1. The highest BCUT2D eigenvalue weighted by atomic mass is 16.6. The highest BCUT2D eigenvalue weighted by Gasteiger charge is 2.60. The molecular formula is C21H26O8. The summed E-state index contributed by atoms with van der Waals surface area (Å²) in [7, 11) is 0. The van der Waals surface area contributed by atoms with Crippen LogP contribution in [0.1, 0.15) is 33.1 Å². The number of fused-ring (bicyclic) bond motifs is 2. The van der Waals surface area contributed by atoms with E-state index >= 15 is 0 Å². The first-order chi connectivity index (χ1) is 13.7. The number of esters is 3. The summed E-state index contributed by atoms with van der Waals surface area (Å²) in [5.74, 6) is -2.28. The molecule has 1 N–H and O–H groups in total. The van der Waals surface area contributed by atoms with E-state index in [1.165, 1.54) is 13.8 Å². The number of hydrogen-bond donors (Lipinski definition) is 1. The van der Waals surface area contributed by atoms with Crippen molar-refractivity contribution in [2.24, 2.45) is 5.92 Å². The lowest BCUT2D eigenvalue weighted by atomic mass is 9.82. The summed E-state index contributed by atoms with van der Waals surface area (Å²) >= 11 is 0. The van der Waals surface area contributed by atoms with Crippen LogP contribution in [-0.4, -0.2) is 60.1 Å². The first-order valence-corrected chi connectivity index (χ1v) is 9.54. The van der Waals surface area contributed by atoms with Crippen molar-refractivity contribution < 1.29 is 38.4 Å². The fourth-order valence-electron chi connectivity index (χ4n) is 3.93. The Kier molecular flexibility index (Phi) is 5.95. The fourth-order valence-corrected chi connectivity index (χ4v) is 3.93. The molecule has 0 amide bonds. The van der Waals surface area contributed by atoms with Gasteiger partial charge in [0, 0.05) is 24.5 Å². The molecular weight excluding hydrogens is 380 g/mol. The van der Waals surface area contributed by atoms with E-state index in [9.17, 15) is 19.5 Å². The molecule has 3 aliphatic rings. The maximum absolute atomic E-state index is 12.3. The highest BCUT2D eigenvalue weighted by molar-refractivity contribution is 5.91. The van der Waals surface area contributed by atoms with Gasteiger partial charge < -0.3 is 24.1 Å². The quantitative estimate of drug-likeness (QED) is 0.240. The molecule has 2 saturated heterocycles. The van der Waals surface area contributed by atoms with Crippen LogP contribution in [0.2, 0.25) is 0 Å². The van der Waals surface area contributed by atoms with E-state index in [0.717, 1.165) is 0 Å². The Morgan fingerprint density at radius 2 is 2.10 bits per heavy atom. The molecule has 3 rings (SSSR count). The molecule has 0 bridgehead atoms. The Labute approximate surface area is 169 Å². The molecule has 0 radical (unpaired) electrons. The van der Waals surface area contributed by atoms with Crippen LogP contribution in [0.4, 0.5) is 0 Å². The Morgan fingerprint density at radius 1 is 1.38 bits per heavy atom. The summed E-state index contributed by atoms with van der Waals surface area (Å²) < 4.78 is 22.2. The van der Waals surface area contributed by atoms with Crippen molar-refractivity contribution >= 4 is 17.9 Å². The second kappa shape index (κ2) is 8.12. The SMILES string of the molecule is C=C(C)C(=O)OC1CC2(COC(C)=O)OC2CCC(CO)=CC2OC(=O)C(=C)C21. The van der Waals surface area contributed by atoms with Crippen LogP contribution < -0.4 is 0 Å². The summed E-state index contributed by atoms with van der Waals surface area (Å²) in [5, 5.41) is 9.71. The first-order valence-electron chi connectivity index (χ1n) is 9.54. The normalized spacial score (nSPS) is 33.6. The maximum Gasteiger partial charge on any atom is 0.334 e. The van der Waals surface area contributed by atoms with Crippen molar-refractivity contribution in [1.82, 2.24) is 0 Å². The van der Waals surface area contributed by atoms with Crippen molar-refractivity contribution in [3.8, 4) is 0 Å². The minimum Gasteiger partial charge on any atom is -0.463 e. The molecule has 158 valence electrons. The molecule has 8 heteroatoms. The Bertz CT molecular complexity index is 782.